The number of hydrogen-bond acceptors (Lipinski definition) is 5. The first-order valence-corrected chi connectivity index (χ1v) is 10.6. The highest BCUT2D eigenvalue weighted by atomic mass is 32.1. The second-order valence-corrected chi connectivity index (χ2v) is 8.03. The first-order valence-electron chi connectivity index (χ1n) is 9.73. The molecule has 146 valence electrons. The number of amides is 1. The molecule has 1 amide bonds. The van der Waals surface area contributed by atoms with Gasteiger partial charge in [0.15, 0.2) is 17.6 Å². The summed E-state index contributed by atoms with van der Waals surface area (Å²) in [5, 5.41) is 1.01. The van der Waals surface area contributed by atoms with E-state index in [9.17, 15) is 4.79 Å². The van der Waals surface area contributed by atoms with Gasteiger partial charge in [-0.3, -0.25) is 4.79 Å². The van der Waals surface area contributed by atoms with Crippen LogP contribution < -0.4 is 9.47 Å². The summed E-state index contributed by atoms with van der Waals surface area (Å²) in [5.41, 5.74) is 1.01. The molecule has 1 unspecified atom stereocenters. The Morgan fingerprint density at radius 2 is 1.96 bits per heavy atom. The summed E-state index contributed by atoms with van der Waals surface area (Å²) >= 11 is 1.67. The number of aromatic nitrogens is 1. The highest BCUT2D eigenvalue weighted by Crippen LogP contribution is 2.31. The maximum atomic E-state index is 12.8. The molecule has 0 fully saturated rings. The molecule has 1 aromatic heterocycles. The quantitative estimate of drug-likeness (QED) is 0.597. The molecule has 0 saturated heterocycles. The maximum Gasteiger partial charge on any atom is 0.223 e. The van der Waals surface area contributed by atoms with E-state index in [0.29, 0.717) is 26.0 Å². The number of hydrogen-bond donors (Lipinski definition) is 0. The van der Waals surface area contributed by atoms with Gasteiger partial charge in [0, 0.05) is 19.4 Å². The van der Waals surface area contributed by atoms with Crippen molar-refractivity contribution in [3.05, 3.63) is 53.5 Å². The minimum Gasteiger partial charge on any atom is -0.486 e. The average molecular weight is 397 g/mol. The lowest BCUT2D eigenvalue weighted by molar-refractivity contribution is -0.132. The highest BCUT2D eigenvalue weighted by molar-refractivity contribution is 7.18. The standard InChI is InChI=1S/C22H24N2O3S/c1-2-13-24(14-16-15-26-18-8-4-5-9-19(18)27-16)22(25)12-11-21-23-17-7-3-6-10-20(17)28-21/h3-10,16H,2,11-15H2,1H3. The minimum absolute atomic E-state index is 0.142. The van der Waals surface area contributed by atoms with E-state index in [2.05, 4.69) is 18.0 Å². The van der Waals surface area contributed by atoms with Crippen molar-refractivity contribution in [2.24, 2.45) is 0 Å². The van der Waals surface area contributed by atoms with Gasteiger partial charge in [-0.2, -0.15) is 0 Å². The highest BCUT2D eigenvalue weighted by Gasteiger charge is 2.25. The van der Waals surface area contributed by atoms with E-state index in [4.69, 9.17) is 9.47 Å². The van der Waals surface area contributed by atoms with Crippen molar-refractivity contribution in [3.63, 3.8) is 0 Å². The Hall–Kier alpha value is -2.60. The average Bonchev–Trinajstić information content (AvgIpc) is 3.14. The van der Waals surface area contributed by atoms with Crippen molar-refractivity contribution in [1.29, 1.82) is 0 Å². The van der Waals surface area contributed by atoms with Crippen LogP contribution in [0.4, 0.5) is 0 Å². The Kier molecular flexibility index (Phi) is 5.76. The van der Waals surface area contributed by atoms with E-state index >= 15 is 0 Å². The molecule has 0 radical (unpaired) electrons. The third kappa shape index (κ3) is 4.28. The summed E-state index contributed by atoms with van der Waals surface area (Å²) in [7, 11) is 0. The van der Waals surface area contributed by atoms with Gasteiger partial charge < -0.3 is 14.4 Å². The van der Waals surface area contributed by atoms with E-state index in [1.165, 1.54) is 4.70 Å². The molecule has 6 heteroatoms. The monoisotopic (exact) mass is 396 g/mol. The van der Waals surface area contributed by atoms with Crippen LogP contribution in [0.25, 0.3) is 10.2 Å². The Labute approximate surface area is 168 Å². The predicted molar refractivity (Wildman–Crippen MR) is 111 cm³/mol. The van der Waals surface area contributed by atoms with Gasteiger partial charge in [0.1, 0.15) is 6.61 Å². The van der Waals surface area contributed by atoms with Crippen molar-refractivity contribution >= 4 is 27.5 Å². The molecule has 0 saturated carbocycles. The van der Waals surface area contributed by atoms with Crippen LogP contribution in [0.5, 0.6) is 11.5 Å². The topological polar surface area (TPSA) is 51.7 Å². The summed E-state index contributed by atoms with van der Waals surface area (Å²) in [5.74, 6) is 1.66. The minimum atomic E-state index is -0.146. The Balaban J connectivity index is 1.36. The SMILES string of the molecule is CCCN(CC1COc2ccccc2O1)C(=O)CCc1nc2ccccc2s1. The normalized spacial score (nSPS) is 15.5. The van der Waals surface area contributed by atoms with Gasteiger partial charge in [-0.15, -0.1) is 11.3 Å². The van der Waals surface area contributed by atoms with Crippen LogP contribution in [0, 0.1) is 0 Å². The Bertz CT molecular complexity index is 923. The zero-order chi connectivity index (χ0) is 19.3. The van der Waals surface area contributed by atoms with Crippen LogP contribution in [0.3, 0.4) is 0 Å². The molecular weight excluding hydrogens is 372 g/mol. The fraction of sp³-hybridized carbons (Fsp3) is 0.364. The molecule has 1 atom stereocenters. The van der Waals surface area contributed by atoms with Gasteiger partial charge in [0.2, 0.25) is 5.91 Å². The number of ether oxygens (including phenoxy) is 2. The smallest absolute Gasteiger partial charge is 0.223 e. The summed E-state index contributed by atoms with van der Waals surface area (Å²) in [6.45, 7) is 3.81. The predicted octanol–water partition coefficient (Wildman–Crippen LogP) is 4.31. The summed E-state index contributed by atoms with van der Waals surface area (Å²) < 4.78 is 13.0. The number of nitrogens with zero attached hydrogens (tertiary/aromatic N) is 2. The van der Waals surface area contributed by atoms with Gasteiger partial charge >= 0.3 is 0 Å². The Morgan fingerprint density at radius 1 is 1.18 bits per heavy atom. The third-order valence-electron chi connectivity index (χ3n) is 4.73. The number of thiazole rings is 1. The van der Waals surface area contributed by atoms with Crippen molar-refractivity contribution in [2.75, 3.05) is 19.7 Å². The molecule has 3 aromatic rings. The largest absolute Gasteiger partial charge is 0.486 e. The van der Waals surface area contributed by atoms with Gasteiger partial charge in [0.05, 0.1) is 21.8 Å². The molecular formula is C22H24N2O3S. The van der Waals surface area contributed by atoms with Crippen molar-refractivity contribution in [3.8, 4) is 11.5 Å². The van der Waals surface area contributed by atoms with Crippen LogP contribution in [-0.2, 0) is 11.2 Å². The number of aryl methyl sites for hydroxylation is 1. The number of carbonyl (C=O) groups is 1. The van der Waals surface area contributed by atoms with Crippen LogP contribution >= 0.6 is 11.3 Å². The molecule has 2 heterocycles. The van der Waals surface area contributed by atoms with Gasteiger partial charge in [-0.1, -0.05) is 31.2 Å². The molecule has 1 aliphatic rings. The van der Waals surface area contributed by atoms with Crippen LogP contribution in [0.1, 0.15) is 24.8 Å². The van der Waals surface area contributed by atoms with Gasteiger partial charge in [0.25, 0.3) is 0 Å². The first kappa shape index (κ1) is 18.7. The van der Waals surface area contributed by atoms with Crippen LogP contribution in [-0.4, -0.2) is 41.6 Å². The van der Waals surface area contributed by atoms with Crippen molar-refractivity contribution in [1.82, 2.24) is 9.88 Å². The summed E-state index contributed by atoms with van der Waals surface area (Å²) in [4.78, 5) is 19.4. The molecule has 0 bridgehead atoms. The number of fused-ring (bicyclic) bond motifs is 2. The number of rotatable bonds is 7. The molecule has 0 N–H and O–H groups in total. The first-order chi connectivity index (χ1) is 13.7. The third-order valence-corrected chi connectivity index (χ3v) is 5.82. The van der Waals surface area contributed by atoms with E-state index in [1.807, 2.05) is 47.4 Å². The van der Waals surface area contributed by atoms with E-state index < -0.39 is 0 Å². The molecule has 4 rings (SSSR count). The van der Waals surface area contributed by atoms with Crippen molar-refractivity contribution < 1.29 is 14.3 Å². The lowest BCUT2D eigenvalue weighted by atomic mass is 10.2. The lowest BCUT2D eigenvalue weighted by Crippen LogP contribution is -2.44. The lowest BCUT2D eigenvalue weighted by Gasteiger charge is -2.31. The Morgan fingerprint density at radius 3 is 2.79 bits per heavy atom. The van der Waals surface area contributed by atoms with Crippen LogP contribution in [0.15, 0.2) is 48.5 Å². The van der Waals surface area contributed by atoms with E-state index in [0.717, 1.165) is 35.0 Å². The van der Waals surface area contributed by atoms with E-state index in [1.54, 1.807) is 11.3 Å². The zero-order valence-electron chi connectivity index (χ0n) is 16.0. The van der Waals surface area contributed by atoms with E-state index in [-0.39, 0.29) is 12.0 Å². The fourth-order valence-electron chi connectivity index (χ4n) is 3.39. The number of benzene rings is 2. The molecule has 0 spiro atoms. The fourth-order valence-corrected chi connectivity index (χ4v) is 4.35. The molecule has 28 heavy (non-hydrogen) atoms. The second kappa shape index (κ2) is 8.61. The van der Waals surface area contributed by atoms with Crippen LogP contribution in [0.2, 0.25) is 0 Å². The number of para-hydroxylation sites is 3. The van der Waals surface area contributed by atoms with Crippen molar-refractivity contribution in [2.45, 2.75) is 32.3 Å². The zero-order valence-corrected chi connectivity index (χ0v) is 16.8. The maximum absolute atomic E-state index is 12.8. The number of carbonyl (C=O) groups excluding carboxylic acids is 1. The molecule has 2 aromatic carbocycles. The summed E-state index contributed by atoms with van der Waals surface area (Å²) in [6.07, 6.45) is 1.90. The summed E-state index contributed by atoms with van der Waals surface area (Å²) in [6, 6.07) is 15.8. The van der Waals surface area contributed by atoms with Gasteiger partial charge in [-0.25, -0.2) is 4.98 Å². The second-order valence-electron chi connectivity index (χ2n) is 6.91. The molecule has 5 nitrogen and oxygen atoms in total. The van der Waals surface area contributed by atoms with Gasteiger partial charge in [-0.05, 0) is 30.7 Å². The molecule has 1 aliphatic heterocycles. The molecule has 0 aliphatic carbocycles.